The first-order valence-corrected chi connectivity index (χ1v) is 34.3. The third kappa shape index (κ3) is 12.4. The van der Waals surface area contributed by atoms with Crippen LogP contribution in [0.3, 0.4) is 0 Å². The number of hydrogen-bond acceptors (Lipinski definition) is 2. The molecule has 3 unspecified atom stereocenters. The van der Waals surface area contributed by atoms with Crippen LogP contribution in [0, 0.1) is 5.92 Å². The summed E-state index contributed by atoms with van der Waals surface area (Å²) in [6, 6.07) is 0. The molecule has 0 spiro atoms. The molecule has 0 aliphatic heterocycles. The molecule has 3 fully saturated rings. The molecule has 0 aromatic heterocycles. The molecule has 3 atom stereocenters. The first kappa shape index (κ1) is 36.9. The van der Waals surface area contributed by atoms with Crippen LogP contribution in [0.2, 0.25) is 0 Å². The topological polar surface area (TPSA) is 24.1 Å². The van der Waals surface area contributed by atoms with Crippen LogP contribution in [0.25, 0.3) is 0 Å². The molecule has 2 nitrogen and oxygen atoms in total. The van der Waals surface area contributed by atoms with E-state index in [1.807, 2.05) is 14.1 Å². The van der Waals surface area contributed by atoms with Crippen molar-refractivity contribution in [2.24, 2.45) is 5.92 Å². The molecular formula is C23H48Cl2I4N2P2Ru+2. The quantitative estimate of drug-likeness (QED) is 0.110. The zero-order valence-electron chi connectivity index (χ0n) is 21.1. The van der Waals surface area contributed by atoms with Crippen LogP contribution < -0.4 is 10.6 Å². The number of nitrogens with one attached hydrogen (secondary N) is 2. The van der Waals surface area contributed by atoms with Crippen molar-refractivity contribution >= 4 is 113 Å². The van der Waals surface area contributed by atoms with Gasteiger partial charge in [0.2, 0.25) is 0 Å². The van der Waals surface area contributed by atoms with Crippen molar-refractivity contribution in [3.8, 4) is 0 Å². The summed E-state index contributed by atoms with van der Waals surface area (Å²) in [5.74, 6) is 1.07. The van der Waals surface area contributed by atoms with Crippen molar-refractivity contribution in [1.29, 1.82) is 0 Å². The molecule has 0 bridgehead atoms. The fraction of sp³-hybridized carbons (Fsp3) is 1.00. The van der Waals surface area contributed by atoms with Gasteiger partial charge < -0.3 is 10.6 Å². The van der Waals surface area contributed by atoms with E-state index in [4.69, 9.17) is 19.4 Å². The molecule has 2 N–H and O–H groups in total. The predicted octanol–water partition coefficient (Wildman–Crippen LogP) is 10.9. The van der Waals surface area contributed by atoms with Gasteiger partial charge in [-0.15, -0.1) is 0 Å². The Morgan fingerprint density at radius 2 is 1.18 bits per heavy atom. The van der Waals surface area contributed by atoms with Gasteiger partial charge in [-0.1, -0.05) is 0 Å². The monoisotopic (exact) mass is 1090 g/mol. The first-order valence-electron chi connectivity index (χ1n) is 13.1. The molecule has 3 saturated carbocycles. The number of hydrogen-bond donors (Lipinski definition) is 2. The van der Waals surface area contributed by atoms with E-state index in [0.29, 0.717) is 0 Å². The molecule has 0 heterocycles. The second kappa shape index (κ2) is 20.7. The van der Waals surface area contributed by atoms with E-state index in [2.05, 4.69) is 106 Å². The number of likely N-dealkylation sites (N-methyl/N-ethyl adjacent to an activating group) is 2. The Morgan fingerprint density at radius 1 is 0.735 bits per heavy atom. The van der Waals surface area contributed by atoms with Crippen molar-refractivity contribution in [1.82, 2.24) is 10.6 Å². The van der Waals surface area contributed by atoms with Gasteiger partial charge in [-0.3, -0.25) is 0 Å². The van der Waals surface area contributed by atoms with Gasteiger partial charge in [0.05, 0.1) is 0 Å². The van der Waals surface area contributed by atoms with Gasteiger partial charge in [0.15, 0.2) is 0 Å². The van der Waals surface area contributed by atoms with Crippen molar-refractivity contribution in [2.75, 3.05) is 27.2 Å². The Morgan fingerprint density at radius 3 is 1.62 bits per heavy atom. The van der Waals surface area contributed by atoms with Crippen LogP contribution >= 0.6 is 113 Å². The summed E-state index contributed by atoms with van der Waals surface area (Å²) in [5.41, 5.74) is 4.37. The summed E-state index contributed by atoms with van der Waals surface area (Å²) in [4.78, 5) is 0. The van der Waals surface area contributed by atoms with Crippen LogP contribution in [0.5, 0.6) is 0 Å². The molecule has 0 radical (unpaired) electrons. The van der Waals surface area contributed by atoms with Crippen LogP contribution in [-0.4, -0.2) is 49.8 Å². The van der Waals surface area contributed by atoms with Crippen LogP contribution in [-0.2, 0) is 15.1 Å². The minimum absolute atomic E-state index is 0.346. The molecule has 3 rings (SSSR count). The molecule has 208 valence electrons. The summed E-state index contributed by atoms with van der Waals surface area (Å²) in [6.45, 7) is 4.81. The number of rotatable bonds is 8. The molecule has 0 aromatic carbocycles. The van der Waals surface area contributed by atoms with Gasteiger partial charge in [0, 0.05) is 13.1 Å². The molecule has 3 aliphatic carbocycles. The molecule has 0 aromatic rings. The summed E-state index contributed by atoms with van der Waals surface area (Å²) in [7, 11) is 13.6. The summed E-state index contributed by atoms with van der Waals surface area (Å²) >= 11 is 11.9. The molecule has 34 heavy (non-hydrogen) atoms. The summed E-state index contributed by atoms with van der Waals surface area (Å²) < 4.78 is -2.35. The third-order valence-electron chi connectivity index (χ3n) is 8.24. The van der Waals surface area contributed by atoms with E-state index < -0.39 is 5.09 Å². The first-order chi connectivity index (χ1) is 16.2. The minimum atomic E-state index is -1.19. The van der Waals surface area contributed by atoms with Gasteiger partial charge in [0.1, 0.15) is 0 Å². The second-order valence-corrected chi connectivity index (χ2v) is 52.7. The SMILES string of the molecule is CC(C1CCCC1[PH](I)(I)C1CCCCC1)[PH](I)(I)C1CCCCC1.CNCCNC.[Cl][Ru+2][Cl]. The fourth-order valence-corrected chi connectivity index (χ4v) is 27.6. The predicted molar refractivity (Wildman–Crippen MR) is 197 cm³/mol. The summed E-state index contributed by atoms with van der Waals surface area (Å²) in [5, 5.41) is 6.01. The van der Waals surface area contributed by atoms with Crippen LogP contribution in [0.4, 0.5) is 0 Å². The summed E-state index contributed by atoms with van der Waals surface area (Å²) in [6.07, 6.45) is 20.0. The normalized spacial score (nSPS) is 26.6. The zero-order valence-corrected chi connectivity index (χ0v) is 35.0. The zero-order chi connectivity index (χ0) is 25.6. The van der Waals surface area contributed by atoms with E-state index in [-0.39, 0.29) is 15.1 Å². The maximum atomic E-state index is 4.85. The van der Waals surface area contributed by atoms with E-state index in [9.17, 15) is 0 Å². The Kier molecular flexibility index (Phi) is 22.5. The van der Waals surface area contributed by atoms with Crippen molar-refractivity contribution in [2.45, 2.75) is 113 Å². The molecule has 3 aliphatic rings. The van der Waals surface area contributed by atoms with Gasteiger partial charge in [0.25, 0.3) is 0 Å². The Labute approximate surface area is 280 Å². The van der Waals surface area contributed by atoms with Crippen LogP contribution in [0.1, 0.15) is 90.4 Å². The van der Waals surface area contributed by atoms with E-state index in [1.54, 1.807) is 38.5 Å². The van der Waals surface area contributed by atoms with Gasteiger partial charge in [-0.05, 0) is 14.1 Å². The van der Waals surface area contributed by atoms with Gasteiger partial charge in [-0.25, -0.2) is 0 Å². The van der Waals surface area contributed by atoms with E-state index in [0.717, 1.165) is 41.6 Å². The number of halogens is 6. The van der Waals surface area contributed by atoms with E-state index >= 15 is 0 Å². The molecular weight excluding hydrogens is 1050 g/mol. The third-order valence-corrected chi connectivity index (χ3v) is 36.2. The second-order valence-electron chi connectivity index (χ2n) is 10.3. The van der Waals surface area contributed by atoms with E-state index in [1.165, 1.54) is 44.9 Å². The Bertz CT molecular complexity index is 525. The van der Waals surface area contributed by atoms with Gasteiger partial charge in [-0.2, -0.15) is 0 Å². The van der Waals surface area contributed by atoms with Crippen molar-refractivity contribution in [3.63, 3.8) is 0 Å². The average molecular weight is 1090 g/mol. The molecule has 11 heteroatoms. The molecule has 0 amide bonds. The fourth-order valence-electron chi connectivity index (χ4n) is 6.25. The van der Waals surface area contributed by atoms with Gasteiger partial charge >= 0.3 is 247 Å². The van der Waals surface area contributed by atoms with Crippen molar-refractivity contribution < 1.29 is 15.1 Å². The maximum absolute atomic E-state index is 4.85. The standard InChI is InChI=1S/C19H36I4P2.C4H12N2.2ClH.Ru/c1-15(24(20,21)16-9-4-2-5-10-16)18-13-8-14-19(18)25(22,23)17-11-6-3-7-12-17;1-5-3-4-6-2;;;/h15-19,24-25H,2-14H2,1H3;5-6H,3-4H2,1-2H3;2*1H;/q;;;;+4/p-2. The average Bonchev–Trinajstić information content (AvgIpc) is 3.35. The van der Waals surface area contributed by atoms with Crippen molar-refractivity contribution in [3.05, 3.63) is 0 Å². The Hall–Kier alpha value is 4.90. The Balaban J connectivity index is 0.000000551. The molecule has 0 saturated heterocycles. The van der Waals surface area contributed by atoms with Crippen LogP contribution in [0.15, 0.2) is 0 Å².